The highest BCUT2D eigenvalue weighted by Crippen LogP contribution is 2.21. The highest BCUT2D eigenvalue weighted by molar-refractivity contribution is 9.10. The lowest BCUT2D eigenvalue weighted by Gasteiger charge is -2.33. The second-order valence-electron chi connectivity index (χ2n) is 4.69. The van der Waals surface area contributed by atoms with Crippen LogP contribution in [0.5, 0.6) is 0 Å². The van der Waals surface area contributed by atoms with Crippen LogP contribution in [0.2, 0.25) is 0 Å². The summed E-state index contributed by atoms with van der Waals surface area (Å²) in [6.07, 6.45) is 1.18. The molecule has 1 fully saturated rings. The molecule has 8 heteroatoms. The third kappa shape index (κ3) is 3.31. The van der Waals surface area contributed by atoms with Crippen molar-refractivity contribution in [2.24, 2.45) is 0 Å². The fourth-order valence-electron chi connectivity index (χ4n) is 2.08. The molecule has 0 spiro atoms. The van der Waals surface area contributed by atoms with Gasteiger partial charge in [0.1, 0.15) is 0 Å². The Morgan fingerprint density at radius 3 is 2.35 bits per heavy atom. The van der Waals surface area contributed by atoms with E-state index in [4.69, 9.17) is 5.73 Å². The second kappa shape index (κ2) is 5.71. The summed E-state index contributed by atoms with van der Waals surface area (Å²) in [5.41, 5.74) is 6.78. The lowest BCUT2D eigenvalue weighted by Crippen LogP contribution is -2.50. The summed E-state index contributed by atoms with van der Waals surface area (Å²) in [5.74, 6) is -0.127. The zero-order valence-electron chi connectivity index (χ0n) is 11.0. The maximum atomic E-state index is 12.3. The predicted octanol–water partition coefficient (Wildman–Crippen LogP) is 0.749. The van der Waals surface area contributed by atoms with Crippen LogP contribution in [0.15, 0.2) is 22.7 Å². The molecule has 1 aromatic rings. The van der Waals surface area contributed by atoms with Gasteiger partial charge in [-0.05, 0) is 34.1 Å². The average molecular weight is 362 g/mol. The summed E-state index contributed by atoms with van der Waals surface area (Å²) >= 11 is 3.28. The normalized spacial score (nSPS) is 17.2. The van der Waals surface area contributed by atoms with Crippen LogP contribution in [0.1, 0.15) is 10.4 Å². The summed E-state index contributed by atoms with van der Waals surface area (Å²) in [6, 6.07) is 5.05. The van der Waals surface area contributed by atoms with E-state index in [1.165, 1.54) is 10.6 Å². The number of sulfonamides is 1. The van der Waals surface area contributed by atoms with Gasteiger partial charge in [-0.3, -0.25) is 4.79 Å². The van der Waals surface area contributed by atoms with Gasteiger partial charge in [0.2, 0.25) is 10.0 Å². The number of hydrogen-bond acceptors (Lipinski definition) is 4. The maximum absolute atomic E-state index is 12.3. The summed E-state index contributed by atoms with van der Waals surface area (Å²) in [4.78, 5) is 13.9. The Bertz CT molecular complexity index is 625. The van der Waals surface area contributed by atoms with Crippen molar-refractivity contribution < 1.29 is 13.2 Å². The minimum Gasteiger partial charge on any atom is -0.398 e. The molecule has 0 aromatic heterocycles. The largest absolute Gasteiger partial charge is 0.398 e. The molecule has 0 radical (unpaired) electrons. The molecule has 2 N–H and O–H groups in total. The van der Waals surface area contributed by atoms with Crippen molar-refractivity contribution in [3.63, 3.8) is 0 Å². The number of amides is 1. The Kier molecular flexibility index (Phi) is 4.36. The molecule has 1 heterocycles. The van der Waals surface area contributed by atoms with Crippen molar-refractivity contribution >= 4 is 37.5 Å². The van der Waals surface area contributed by atoms with Crippen molar-refractivity contribution in [3.05, 3.63) is 28.2 Å². The number of carbonyl (C=O) groups is 1. The number of piperazine rings is 1. The van der Waals surface area contributed by atoms with Gasteiger partial charge in [-0.15, -0.1) is 0 Å². The quantitative estimate of drug-likeness (QED) is 0.787. The molecule has 0 bridgehead atoms. The molecular weight excluding hydrogens is 346 g/mol. The highest BCUT2D eigenvalue weighted by Gasteiger charge is 2.26. The molecule has 1 aromatic carbocycles. The number of nitrogens with two attached hydrogens (primary N) is 1. The molecule has 1 aliphatic rings. The van der Waals surface area contributed by atoms with E-state index in [0.717, 1.165) is 4.47 Å². The molecule has 0 aliphatic carbocycles. The summed E-state index contributed by atoms with van der Waals surface area (Å²) in [6.45, 7) is 1.44. The van der Waals surface area contributed by atoms with Crippen LogP contribution >= 0.6 is 15.9 Å². The first-order chi connectivity index (χ1) is 9.29. The van der Waals surface area contributed by atoms with Crippen molar-refractivity contribution in [3.8, 4) is 0 Å². The van der Waals surface area contributed by atoms with E-state index in [-0.39, 0.29) is 5.91 Å². The van der Waals surface area contributed by atoms with E-state index in [0.29, 0.717) is 37.4 Å². The molecule has 0 saturated carbocycles. The summed E-state index contributed by atoms with van der Waals surface area (Å²) in [5, 5.41) is 0. The van der Waals surface area contributed by atoms with E-state index in [1.54, 1.807) is 23.1 Å². The van der Waals surface area contributed by atoms with E-state index in [9.17, 15) is 13.2 Å². The molecule has 2 rings (SSSR count). The number of hydrogen-bond donors (Lipinski definition) is 1. The molecule has 110 valence electrons. The highest BCUT2D eigenvalue weighted by atomic mass is 79.9. The fourth-order valence-corrected chi connectivity index (χ4v) is 3.16. The standard InChI is InChI=1S/C12H16BrN3O3S/c1-20(18,19)16-6-4-15(5-7-16)12(17)9-2-3-10(13)11(14)8-9/h2-3,8H,4-7,14H2,1H3. The number of nitrogens with zero attached hydrogens (tertiary/aromatic N) is 2. The van der Waals surface area contributed by atoms with Gasteiger partial charge in [0.25, 0.3) is 5.91 Å². The van der Waals surface area contributed by atoms with Crippen LogP contribution in [0.4, 0.5) is 5.69 Å². The zero-order valence-corrected chi connectivity index (χ0v) is 13.4. The third-order valence-electron chi connectivity index (χ3n) is 3.24. The van der Waals surface area contributed by atoms with Crippen molar-refractivity contribution in [1.29, 1.82) is 0 Å². The number of anilines is 1. The fraction of sp³-hybridized carbons (Fsp3) is 0.417. The van der Waals surface area contributed by atoms with Crippen LogP contribution in [0.3, 0.4) is 0 Å². The van der Waals surface area contributed by atoms with E-state index >= 15 is 0 Å². The lowest BCUT2D eigenvalue weighted by molar-refractivity contribution is 0.0698. The average Bonchev–Trinajstić information content (AvgIpc) is 2.40. The van der Waals surface area contributed by atoms with E-state index in [2.05, 4.69) is 15.9 Å². The van der Waals surface area contributed by atoms with Crippen LogP contribution in [-0.4, -0.2) is 56.0 Å². The minimum atomic E-state index is -3.18. The van der Waals surface area contributed by atoms with Gasteiger partial charge in [-0.2, -0.15) is 4.31 Å². The molecule has 1 amide bonds. The third-order valence-corrected chi connectivity index (χ3v) is 5.26. The Hall–Kier alpha value is -1.12. The van der Waals surface area contributed by atoms with Gasteiger partial charge in [0, 0.05) is 41.9 Å². The first-order valence-electron chi connectivity index (χ1n) is 6.08. The maximum Gasteiger partial charge on any atom is 0.254 e. The van der Waals surface area contributed by atoms with Gasteiger partial charge >= 0.3 is 0 Å². The predicted molar refractivity (Wildman–Crippen MR) is 80.9 cm³/mol. The molecule has 1 aliphatic heterocycles. The van der Waals surface area contributed by atoms with Gasteiger partial charge < -0.3 is 10.6 Å². The number of carbonyl (C=O) groups excluding carboxylic acids is 1. The first kappa shape index (κ1) is 15.3. The van der Waals surface area contributed by atoms with Crippen LogP contribution in [-0.2, 0) is 10.0 Å². The van der Waals surface area contributed by atoms with Crippen LogP contribution < -0.4 is 5.73 Å². The molecule has 1 saturated heterocycles. The first-order valence-corrected chi connectivity index (χ1v) is 8.72. The van der Waals surface area contributed by atoms with Crippen LogP contribution in [0, 0.1) is 0 Å². The van der Waals surface area contributed by atoms with Crippen molar-refractivity contribution in [2.45, 2.75) is 0 Å². The van der Waals surface area contributed by atoms with E-state index < -0.39 is 10.0 Å². The monoisotopic (exact) mass is 361 g/mol. The SMILES string of the molecule is CS(=O)(=O)N1CCN(C(=O)c2ccc(Br)c(N)c2)CC1. The zero-order chi connectivity index (χ0) is 14.9. The minimum absolute atomic E-state index is 0.127. The van der Waals surface area contributed by atoms with Gasteiger partial charge in [0.15, 0.2) is 0 Å². The Morgan fingerprint density at radius 1 is 1.25 bits per heavy atom. The molecule has 20 heavy (non-hydrogen) atoms. The van der Waals surface area contributed by atoms with Crippen molar-refractivity contribution in [1.82, 2.24) is 9.21 Å². The molecule has 0 atom stereocenters. The topological polar surface area (TPSA) is 83.7 Å². The van der Waals surface area contributed by atoms with Crippen LogP contribution in [0.25, 0.3) is 0 Å². The number of halogens is 1. The molecular formula is C12H16BrN3O3S. The Labute approximate surface area is 126 Å². The Morgan fingerprint density at radius 2 is 1.85 bits per heavy atom. The summed E-state index contributed by atoms with van der Waals surface area (Å²) in [7, 11) is -3.18. The number of nitrogen functional groups attached to an aromatic ring is 1. The number of rotatable bonds is 2. The van der Waals surface area contributed by atoms with E-state index in [1.807, 2.05) is 0 Å². The molecule has 0 unspecified atom stereocenters. The smallest absolute Gasteiger partial charge is 0.254 e. The van der Waals surface area contributed by atoms with Gasteiger partial charge in [-0.1, -0.05) is 0 Å². The van der Waals surface area contributed by atoms with Gasteiger partial charge in [0.05, 0.1) is 6.26 Å². The molecule has 6 nitrogen and oxygen atoms in total. The number of benzene rings is 1. The van der Waals surface area contributed by atoms with Gasteiger partial charge in [-0.25, -0.2) is 8.42 Å². The summed E-state index contributed by atoms with van der Waals surface area (Å²) < 4.78 is 25.0. The Balaban J connectivity index is 2.07. The lowest BCUT2D eigenvalue weighted by atomic mass is 10.1. The van der Waals surface area contributed by atoms with Crippen molar-refractivity contribution in [2.75, 3.05) is 38.2 Å². The second-order valence-corrected chi connectivity index (χ2v) is 7.53.